The van der Waals surface area contributed by atoms with Crippen molar-refractivity contribution in [1.82, 2.24) is 0 Å². The number of nitrogens with two attached hydrogens (primary N) is 1. The van der Waals surface area contributed by atoms with Crippen molar-refractivity contribution in [3.05, 3.63) is 35.6 Å². The standard InChI is InChI=1S/C14H18F3N/c15-12-3-1-10(2-4-12)7-13(18)8-11-5-6-14(16,17)9-11/h1-4,11,13H,5-9,18H2. The third-order valence-corrected chi connectivity index (χ3v) is 3.55. The minimum atomic E-state index is -2.50. The van der Waals surface area contributed by atoms with E-state index in [2.05, 4.69) is 0 Å². The molecule has 0 amide bonds. The molecule has 1 aromatic rings. The van der Waals surface area contributed by atoms with Gasteiger partial charge in [-0.25, -0.2) is 13.2 Å². The van der Waals surface area contributed by atoms with Gasteiger partial charge in [0.25, 0.3) is 0 Å². The number of alkyl halides is 2. The average molecular weight is 257 g/mol. The number of rotatable bonds is 4. The van der Waals surface area contributed by atoms with Gasteiger partial charge < -0.3 is 5.73 Å². The Hall–Kier alpha value is -1.03. The molecule has 0 saturated heterocycles. The van der Waals surface area contributed by atoms with Crippen LogP contribution in [0.25, 0.3) is 0 Å². The Labute approximate surface area is 105 Å². The summed E-state index contributed by atoms with van der Waals surface area (Å²) in [6.45, 7) is 0. The summed E-state index contributed by atoms with van der Waals surface area (Å²) in [5, 5.41) is 0. The highest BCUT2D eigenvalue weighted by atomic mass is 19.3. The molecule has 2 unspecified atom stereocenters. The van der Waals surface area contributed by atoms with Gasteiger partial charge in [-0.15, -0.1) is 0 Å². The van der Waals surface area contributed by atoms with Gasteiger partial charge in [-0.3, -0.25) is 0 Å². The Morgan fingerprint density at radius 2 is 1.94 bits per heavy atom. The van der Waals surface area contributed by atoms with Gasteiger partial charge >= 0.3 is 0 Å². The van der Waals surface area contributed by atoms with Gasteiger partial charge in [0.15, 0.2) is 0 Å². The third-order valence-electron chi connectivity index (χ3n) is 3.55. The van der Waals surface area contributed by atoms with Crippen LogP contribution in [-0.2, 0) is 6.42 Å². The molecule has 1 nitrogen and oxygen atoms in total. The second kappa shape index (κ2) is 5.31. The van der Waals surface area contributed by atoms with Crippen molar-refractivity contribution >= 4 is 0 Å². The highest BCUT2D eigenvalue weighted by Gasteiger charge is 2.39. The molecule has 0 heterocycles. The molecule has 18 heavy (non-hydrogen) atoms. The number of hydrogen-bond acceptors (Lipinski definition) is 1. The van der Waals surface area contributed by atoms with E-state index in [0.717, 1.165) is 5.56 Å². The van der Waals surface area contributed by atoms with Crippen LogP contribution in [0.3, 0.4) is 0 Å². The molecule has 0 aliphatic heterocycles. The first-order valence-electron chi connectivity index (χ1n) is 6.32. The predicted molar refractivity (Wildman–Crippen MR) is 65.0 cm³/mol. The highest BCUT2D eigenvalue weighted by molar-refractivity contribution is 5.17. The van der Waals surface area contributed by atoms with Gasteiger partial charge in [0, 0.05) is 18.9 Å². The third kappa shape index (κ3) is 3.73. The minimum Gasteiger partial charge on any atom is -0.327 e. The zero-order valence-electron chi connectivity index (χ0n) is 10.2. The maximum atomic E-state index is 13.0. The summed E-state index contributed by atoms with van der Waals surface area (Å²) in [6, 6.07) is 6.04. The summed E-state index contributed by atoms with van der Waals surface area (Å²) >= 11 is 0. The molecule has 1 saturated carbocycles. The summed E-state index contributed by atoms with van der Waals surface area (Å²) in [5.74, 6) is -2.75. The summed E-state index contributed by atoms with van der Waals surface area (Å²) in [7, 11) is 0. The van der Waals surface area contributed by atoms with E-state index in [-0.39, 0.29) is 30.6 Å². The van der Waals surface area contributed by atoms with Crippen LogP contribution in [0, 0.1) is 11.7 Å². The van der Waals surface area contributed by atoms with Gasteiger partial charge in [-0.05, 0) is 42.9 Å². The van der Waals surface area contributed by atoms with E-state index < -0.39 is 5.92 Å². The van der Waals surface area contributed by atoms with Gasteiger partial charge in [0.1, 0.15) is 5.82 Å². The maximum absolute atomic E-state index is 13.0. The molecule has 2 rings (SSSR count). The lowest BCUT2D eigenvalue weighted by Gasteiger charge is -2.16. The minimum absolute atomic E-state index is 0.0130. The zero-order valence-corrected chi connectivity index (χ0v) is 10.2. The van der Waals surface area contributed by atoms with Crippen molar-refractivity contribution in [2.75, 3.05) is 0 Å². The lowest BCUT2D eigenvalue weighted by molar-refractivity contribution is 0.00449. The van der Waals surface area contributed by atoms with Crippen LogP contribution in [0.4, 0.5) is 13.2 Å². The molecule has 2 atom stereocenters. The van der Waals surface area contributed by atoms with Crippen LogP contribution in [0.1, 0.15) is 31.2 Å². The van der Waals surface area contributed by atoms with Crippen molar-refractivity contribution in [1.29, 1.82) is 0 Å². The van der Waals surface area contributed by atoms with Gasteiger partial charge in [-0.1, -0.05) is 12.1 Å². The van der Waals surface area contributed by atoms with E-state index in [1.807, 2.05) is 0 Å². The van der Waals surface area contributed by atoms with Crippen LogP contribution in [0.15, 0.2) is 24.3 Å². The average Bonchev–Trinajstić information content (AvgIpc) is 2.61. The molecule has 2 N–H and O–H groups in total. The maximum Gasteiger partial charge on any atom is 0.248 e. The second-order valence-electron chi connectivity index (χ2n) is 5.29. The smallest absolute Gasteiger partial charge is 0.248 e. The van der Waals surface area contributed by atoms with Crippen molar-refractivity contribution in [2.45, 2.75) is 44.1 Å². The fourth-order valence-corrected chi connectivity index (χ4v) is 2.68. The van der Waals surface area contributed by atoms with Crippen molar-refractivity contribution in [2.24, 2.45) is 11.7 Å². The Morgan fingerprint density at radius 1 is 1.28 bits per heavy atom. The monoisotopic (exact) mass is 257 g/mol. The van der Waals surface area contributed by atoms with Crippen LogP contribution >= 0.6 is 0 Å². The van der Waals surface area contributed by atoms with Crippen molar-refractivity contribution in [3.8, 4) is 0 Å². The van der Waals surface area contributed by atoms with E-state index in [0.29, 0.717) is 19.3 Å². The van der Waals surface area contributed by atoms with E-state index in [9.17, 15) is 13.2 Å². The fraction of sp³-hybridized carbons (Fsp3) is 0.571. The van der Waals surface area contributed by atoms with Gasteiger partial charge in [0.2, 0.25) is 5.92 Å². The quantitative estimate of drug-likeness (QED) is 0.877. The molecule has 0 aromatic heterocycles. The topological polar surface area (TPSA) is 26.0 Å². The van der Waals surface area contributed by atoms with Gasteiger partial charge in [0.05, 0.1) is 0 Å². The molecular weight excluding hydrogens is 239 g/mol. The molecule has 4 heteroatoms. The van der Waals surface area contributed by atoms with E-state index in [4.69, 9.17) is 5.73 Å². The molecule has 1 aliphatic carbocycles. The summed E-state index contributed by atoms with van der Waals surface area (Å²) in [4.78, 5) is 0. The molecular formula is C14H18F3N. The molecule has 0 spiro atoms. The molecule has 0 bridgehead atoms. The Kier molecular flexibility index (Phi) is 3.95. The number of halogens is 3. The molecule has 1 aromatic carbocycles. The molecule has 100 valence electrons. The van der Waals surface area contributed by atoms with Crippen LogP contribution < -0.4 is 5.73 Å². The lowest BCUT2D eigenvalue weighted by atomic mass is 9.94. The first-order chi connectivity index (χ1) is 8.44. The Balaban J connectivity index is 1.82. The van der Waals surface area contributed by atoms with Crippen LogP contribution in [-0.4, -0.2) is 12.0 Å². The summed E-state index contributed by atoms with van der Waals surface area (Å²) in [5.41, 5.74) is 6.93. The number of hydrogen-bond donors (Lipinski definition) is 1. The summed E-state index contributed by atoms with van der Waals surface area (Å²) in [6.07, 6.45) is 1.74. The molecule has 0 radical (unpaired) electrons. The van der Waals surface area contributed by atoms with E-state index >= 15 is 0 Å². The van der Waals surface area contributed by atoms with Crippen molar-refractivity contribution < 1.29 is 13.2 Å². The number of benzene rings is 1. The highest BCUT2D eigenvalue weighted by Crippen LogP contribution is 2.40. The van der Waals surface area contributed by atoms with E-state index in [1.54, 1.807) is 12.1 Å². The first-order valence-corrected chi connectivity index (χ1v) is 6.32. The Morgan fingerprint density at radius 3 is 2.50 bits per heavy atom. The molecule has 1 aliphatic rings. The second-order valence-corrected chi connectivity index (χ2v) is 5.29. The normalized spacial score (nSPS) is 24.1. The fourth-order valence-electron chi connectivity index (χ4n) is 2.68. The lowest BCUT2D eigenvalue weighted by Crippen LogP contribution is -2.26. The van der Waals surface area contributed by atoms with Crippen LogP contribution in [0.5, 0.6) is 0 Å². The largest absolute Gasteiger partial charge is 0.327 e. The summed E-state index contributed by atoms with van der Waals surface area (Å²) < 4.78 is 38.8. The van der Waals surface area contributed by atoms with Crippen molar-refractivity contribution in [3.63, 3.8) is 0 Å². The SMILES string of the molecule is NC(Cc1ccc(F)cc1)CC1CCC(F)(F)C1. The first kappa shape index (κ1) is 13.4. The molecule has 1 fully saturated rings. The Bertz CT molecular complexity index is 389. The van der Waals surface area contributed by atoms with Gasteiger partial charge in [-0.2, -0.15) is 0 Å². The predicted octanol–water partition coefficient (Wildman–Crippen LogP) is 3.52. The zero-order chi connectivity index (χ0) is 13.2. The van der Waals surface area contributed by atoms with Crippen LogP contribution in [0.2, 0.25) is 0 Å². The van der Waals surface area contributed by atoms with E-state index in [1.165, 1.54) is 12.1 Å².